The molecule has 1 saturated carbocycles. The fraction of sp³-hybridized carbons (Fsp3) is 0.529. The third-order valence-electron chi connectivity index (χ3n) is 4.53. The summed E-state index contributed by atoms with van der Waals surface area (Å²) in [7, 11) is 0. The lowest BCUT2D eigenvalue weighted by Gasteiger charge is -2.36. The van der Waals surface area contributed by atoms with E-state index in [4.69, 9.17) is 18.0 Å². The quantitative estimate of drug-likeness (QED) is 0.819. The van der Waals surface area contributed by atoms with Crippen LogP contribution in [0.1, 0.15) is 57.1 Å². The first-order valence-electron chi connectivity index (χ1n) is 7.76. The van der Waals surface area contributed by atoms with Gasteiger partial charge in [0.15, 0.2) is 0 Å². The van der Waals surface area contributed by atoms with E-state index >= 15 is 0 Å². The van der Waals surface area contributed by atoms with E-state index in [2.05, 4.69) is 12.2 Å². The molecule has 0 saturated heterocycles. The van der Waals surface area contributed by atoms with Gasteiger partial charge < -0.3 is 11.1 Å². The second-order valence-corrected chi connectivity index (χ2v) is 6.29. The summed E-state index contributed by atoms with van der Waals surface area (Å²) in [4.78, 5) is 13.2. The summed E-state index contributed by atoms with van der Waals surface area (Å²) in [6.45, 7) is 2.08. The molecule has 0 radical (unpaired) electrons. The summed E-state index contributed by atoms with van der Waals surface area (Å²) in [5, 5.41) is 3.17. The van der Waals surface area contributed by atoms with E-state index in [0.717, 1.165) is 44.1 Å². The molecule has 1 aliphatic carbocycles. The molecule has 1 aliphatic rings. The molecule has 2 rings (SSSR count). The highest BCUT2D eigenvalue weighted by molar-refractivity contribution is 7.80. The summed E-state index contributed by atoms with van der Waals surface area (Å²) in [5.41, 5.74) is 6.41. The molecule has 114 valence electrons. The Kier molecular flexibility index (Phi) is 5.34. The number of nitrogens with two attached hydrogens (primary N) is 1. The number of hydrogen-bond donors (Lipinski definition) is 2. The van der Waals surface area contributed by atoms with E-state index in [9.17, 15) is 4.79 Å². The van der Waals surface area contributed by atoms with Crippen molar-refractivity contribution in [1.29, 1.82) is 0 Å². The van der Waals surface area contributed by atoms with Gasteiger partial charge in [-0.3, -0.25) is 4.79 Å². The summed E-state index contributed by atoms with van der Waals surface area (Å²) in [6, 6.07) is 10.1. The molecule has 1 aromatic rings. The van der Waals surface area contributed by atoms with Gasteiger partial charge in [0.05, 0.1) is 16.4 Å². The third kappa shape index (κ3) is 3.43. The van der Waals surface area contributed by atoms with Crippen molar-refractivity contribution in [2.75, 3.05) is 0 Å². The summed E-state index contributed by atoms with van der Waals surface area (Å²) >= 11 is 5.23. The number of amides is 1. The Morgan fingerprint density at radius 2 is 1.90 bits per heavy atom. The largest absolute Gasteiger partial charge is 0.392 e. The molecule has 1 amide bonds. The molecule has 4 heteroatoms. The van der Waals surface area contributed by atoms with Gasteiger partial charge in [-0.1, -0.05) is 68.7 Å². The molecule has 0 aliphatic heterocycles. The minimum absolute atomic E-state index is 0.00500. The second-order valence-electron chi connectivity index (χ2n) is 5.85. The SMILES string of the molecule is CCC(NC(=O)C1(C(N)=S)CCCCC1)c1ccccc1. The van der Waals surface area contributed by atoms with Gasteiger partial charge in [-0.2, -0.15) is 0 Å². The van der Waals surface area contributed by atoms with Gasteiger partial charge in [0.1, 0.15) is 0 Å². The Bertz CT molecular complexity index is 495. The lowest BCUT2D eigenvalue weighted by molar-refractivity contribution is -0.129. The lowest BCUT2D eigenvalue weighted by atomic mass is 9.73. The van der Waals surface area contributed by atoms with Crippen LogP contribution < -0.4 is 11.1 Å². The van der Waals surface area contributed by atoms with E-state index in [0.29, 0.717) is 4.99 Å². The normalized spacial score (nSPS) is 18.7. The Morgan fingerprint density at radius 3 is 2.43 bits per heavy atom. The van der Waals surface area contributed by atoms with Gasteiger partial charge in [-0.15, -0.1) is 0 Å². The molecule has 0 spiro atoms. The predicted octanol–water partition coefficient (Wildman–Crippen LogP) is 3.49. The highest BCUT2D eigenvalue weighted by Crippen LogP contribution is 2.37. The van der Waals surface area contributed by atoms with Crippen LogP contribution in [-0.2, 0) is 4.79 Å². The van der Waals surface area contributed by atoms with E-state index in [1.165, 1.54) is 0 Å². The van der Waals surface area contributed by atoms with Crippen LogP contribution in [0.25, 0.3) is 0 Å². The van der Waals surface area contributed by atoms with Crippen molar-refractivity contribution in [1.82, 2.24) is 5.32 Å². The van der Waals surface area contributed by atoms with Crippen LogP contribution in [0.4, 0.5) is 0 Å². The predicted molar refractivity (Wildman–Crippen MR) is 89.9 cm³/mol. The number of thiocarbonyl (C=S) groups is 1. The third-order valence-corrected chi connectivity index (χ3v) is 4.92. The van der Waals surface area contributed by atoms with Crippen molar-refractivity contribution < 1.29 is 4.79 Å². The van der Waals surface area contributed by atoms with Gasteiger partial charge in [0, 0.05) is 0 Å². The summed E-state index contributed by atoms with van der Waals surface area (Å²) in [6.07, 6.45) is 5.61. The van der Waals surface area contributed by atoms with Crippen molar-refractivity contribution in [2.24, 2.45) is 11.1 Å². The molecule has 1 fully saturated rings. The first-order chi connectivity index (χ1) is 10.1. The van der Waals surface area contributed by atoms with Crippen molar-refractivity contribution in [3.8, 4) is 0 Å². The molecule has 0 heterocycles. The molecule has 1 atom stereocenters. The van der Waals surface area contributed by atoms with Gasteiger partial charge in [-0.05, 0) is 24.8 Å². The molecule has 1 aromatic carbocycles. The van der Waals surface area contributed by atoms with Crippen LogP contribution >= 0.6 is 12.2 Å². The van der Waals surface area contributed by atoms with Crippen molar-refractivity contribution >= 4 is 23.1 Å². The van der Waals surface area contributed by atoms with E-state index in [1.54, 1.807) is 0 Å². The second kappa shape index (κ2) is 7.03. The van der Waals surface area contributed by atoms with Crippen LogP contribution in [0.2, 0.25) is 0 Å². The average molecular weight is 304 g/mol. The van der Waals surface area contributed by atoms with Crippen molar-refractivity contribution in [3.05, 3.63) is 35.9 Å². The molecule has 3 nitrogen and oxygen atoms in total. The highest BCUT2D eigenvalue weighted by Gasteiger charge is 2.42. The minimum Gasteiger partial charge on any atom is -0.392 e. The monoisotopic (exact) mass is 304 g/mol. The Hall–Kier alpha value is -1.42. The van der Waals surface area contributed by atoms with E-state index in [-0.39, 0.29) is 11.9 Å². The maximum absolute atomic E-state index is 12.8. The van der Waals surface area contributed by atoms with Crippen molar-refractivity contribution in [3.63, 3.8) is 0 Å². The number of carbonyl (C=O) groups excluding carboxylic acids is 1. The minimum atomic E-state index is -0.643. The molecule has 1 unspecified atom stereocenters. The first-order valence-corrected chi connectivity index (χ1v) is 8.17. The Morgan fingerprint density at radius 1 is 1.29 bits per heavy atom. The van der Waals surface area contributed by atoms with E-state index in [1.807, 2.05) is 30.3 Å². The van der Waals surface area contributed by atoms with Crippen LogP contribution in [0.3, 0.4) is 0 Å². The molecule has 3 N–H and O–H groups in total. The lowest BCUT2D eigenvalue weighted by Crippen LogP contribution is -2.50. The number of nitrogens with one attached hydrogen (secondary N) is 1. The van der Waals surface area contributed by atoms with Gasteiger partial charge in [0.2, 0.25) is 5.91 Å². The maximum atomic E-state index is 12.8. The van der Waals surface area contributed by atoms with Gasteiger partial charge in [-0.25, -0.2) is 0 Å². The van der Waals surface area contributed by atoms with Crippen LogP contribution in [0.15, 0.2) is 30.3 Å². The van der Waals surface area contributed by atoms with Gasteiger partial charge >= 0.3 is 0 Å². The highest BCUT2D eigenvalue weighted by atomic mass is 32.1. The smallest absolute Gasteiger partial charge is 0.233 e. The Balaban J connectivity index is 2.16. The molecular formula is C17H24N2OS. The van der Waals surface area contributed by atoms with Crippen LogP contribution in [0.5, 0.6) is 0 Å². The van der Waals surface area contributed by atoms with Crippen LogP contribution in [-0.4, -0.2) is 10.9 Å². The summed E-state index contributed by atoms with van der Waals surface area (Å²) < 4.78 is 0. The molecular weight excluding hydrogens is 280 g/mol. The molecule has 0 bridgehead atoms. The standard InChI is InChI=1S/C17H24N2OS/c1-2-14(13-9-5-3-6-10-13)19-16(20)17(15(18)21)11-7-4-8-12-17/h3,5-6,9-10,14H,2,4,7-8,11-12H2,1H3,(H2,18,21)(H,19,20). The molecule has 21 heavy (non-hydrogen) atoms. The molecule has 0 aromatic heterocycles. The first kappa shape index (κ1) is 16.0. The number of carbonyl (C=O) groups is 1. The van der Waals surface area contributed by atoms with Crippen LogP contribution in [0, 0.1) is 5.41 Å². The number of hydrogen-bond acceptors (Lipinski definition) is 2. The average Bonchev–Trinajstić information content (AvgIpc) is 2.53. The fourth-order valence-corrected chi connectivity index (χ4v) is 3.44. The van der Waals surface area contributed by atoms with Crippen molar-refractivity contribution in [2.45, 2.75) is 51.5 Å². The summed E-state index contributed by atoms with van der Waals surface area (Å²) in [5.74, 6) is 0.00500. The number of benzene rings is 1. The zero-order valence-corrected chi connectivity index (χ0v) is 13.4. The zero-order chi connectivity index (χ0) is 15.3. The van der Waals surface area contributed by atoms with E-state index < -0.39 is 5.41 Å². The topological polar surface area (TPSA) is 55.1 Å². The van der Waals surface area contributed by atoms with Gasteiger partial charge in [0.25, 0.3) is 0 Å². The maximum Gasteiger partial charge on any atom is 0.233 e. The number of rotatable bonds is 5. The fourth-order valence-electron chi connectivity index (χ4n) is 3.14. The Labute approximate surface area is 132 Å². The zero-order valence-electron chi connectivity index (χ0n) is 12.6.